The molecule has 16 bridgehead atoms. The molecule has 10 rings (SSSR count). The van der Waals surface area contributed by atoms with Crippen molar-refractivity contribution >= 4 is 92.7 Å². The zero-order valence-corrected chi connectivity index (χ0v) is 26.1. The van der Waals surface area contributed by atoms with Crippen LogP contribution in [-0.4, -0.2) is 45.3 Å². The van der Waals surface area contributed by atoms with Gasteiger partial charge in [-0.25, -0.2) is 19.9 Å². The third-order valence-corrected chi connectivity index (χ3v) is 8.08. The van der Waals surface area contributed by atoms with E-state index in [1.807, 2.05) is 97.1 Å². The molecule has 0 radical (unpaired) electrons. The standard InChI is InChI=1S/2C20H14N4.H2O/c2*1-2-14-10-16-5-6-18(23-16)12-20-8-7-19(24-20)11-17-4-3-15(22-17)9-13(1)21-14;/h2*1-12,21,24H;1H2. The number of aromatic nitrogens is 8. The van der Waals surface area contributed by atoms with Crippen molar-refractivity contribution < 1.29 is 5.48 Å². The van der Waals surface area contributed by atoms with E-state index in [2.05, 4.69) is 88.4 Å². The van der Waals surface area contributed by atoms with Gasteiger partial charge < -0.3 is 25.4 Å². The number of rotatable bonds is 0. The molecule has 0 atom stereocenters. The number of hydrogen-bond acceptors (Lipinski definition) is 4. The average molecular weight is 639 g/mol. The quantitative estimate of drug-likeness (QED) is 0.132. The number of H-pyrrole nitrogens is 4. The maximum atomic E-state index is 4.63. The Morgan fingerprint density at radius 2 is 0.388 bits per heavy atom. The Labute approximate surface area is 280 Å². The fourth-order valence-electron chi connectivity index (χ4n) is 5.89. The third-order valence-electron chi connectivity index (χ3n) is 8.08. The number of hydrogen-bond donors (Lipinski definition) is 4. The monoisotopic (exact) mass is 638 g/mol. The summed E-state index contributed by atoms with van der Waals surface area (Å²) in [4.78, 5) is 32.0. The highest BCUT2D eigenvalue weighted by molar-refractivity contribution is 5.79. The van der Waals surface area contributed by atoms with Crippen LogP contribution >= 0.6 is 0 Å². The zero-order chi connectivity index (χ0) is 31.9. The van der Waals surface area contributed by atoms with E-state index in [9.17, 15) is 0 Å². The van der Waals surface area contributed by atoms with Crippen LogP contribution in [0.25, 0.3) is 92.7 Å². The summed E-state index contributed by atoms with van der Waals surface area (Å²) in [5.41, 5.74) is 15.7. The summed E-state index contributed by atoms with van der Waals surface area (Å²) in [6.45, 7) is 0. The Balaban J connectivity index is 0.000000139. The molecule has 6 aromatic rings. The molecule has 6 N–H and O–H groups in total. The first kappa shape index (κ1) is 29.6. The molecule has 0 spiro atoms. The van der Waals surface area contributed by atoms with E-state index >= 15 is 0 Å². The van der Waals surface area contributed by atoms with Gasteiger partial charge in [0.2, 0.25) is 0 Å². The van der Waals surface area contributed by atoms with Crippen LogP contribution in [0, 0.1) is 0 Å². The lowest BCUT2D eigenvalue weighted by Crippen LogP contribution is -1.75. The van der Waals surface area contributed by atoms with Crippen LogP contribution in [0.1, 0.15) is 45.6 Å². The molecular weight excluding hydrogens is 608 g/mol. The van der Waals surface area contributed by atoms with Crippen molar-refractivity contribution in [3.63, 3.8) is 0 Å². The number of nitrogens with zero attached hydrogens (tertiary/aromatic N) is 4. The Morgan fingerprint density at radius 1 is 0.245 bits per heavy atom. The van der Waals surface area contributed by atoms with Crippen LogP contribution < -0.4 is 0 Å². The number of nitrogens with one attached hydrogen (secondary N) is 4. The Hall–Kier alpha value is -6.84. The van der Waals surface area contributed by atoms with Gasteiger partial charge in [-0.3, -0.25) is 0 Å². The Kier molecular flexibility index (Phi) is 7.48. The van der Waals surface area contributed by atoms with Crippen molar-refractivity contribution in [2.24, 2.45) is 0 Å². The third kappa shape index (κ3) is 6.69. The number of aromatic amines is 4. The second-order valence-electron chi connectivity index (χ2n) is 11.8. The average Bonchev–Trinajstić information content (AvgIpc) is 3.91. The SMILES string of the molecule is C1=Cc2cc3ccc(cc4nc(cc5ccc(cc1n2)[nH]5)C=C4)[nH]3.C1=Cc2cc3ccc(cc4nc(cc5ccc(cc1n2)[nH]5)C=C4)[nH]3.O. The second kappa shape index (κ2) is 12.4. The van der Waals surface area contributed by atoms with E-state index < -0.39 is 0 Å². The van der Waals surface area contributed by atoms with Crippen molar-refractivity contribution in [1.82, 2.24) is 39.9 Å². The van der Waals surface area contributed by atoms with Gasteiger partial charge in [0.05, 0.1) is 45.6 Å². The minimum atomic E-state index is 0. The first-order valence-electron chi connectivity index (χ1n) is 15.7. The van der Waals surface area contributed by atoms with Crippen LogP contribution in [0.15, 0.2) is 97.1 Å². The van der Waals surface area contributed by atoms with Gasteiger partial charge in [-0.05, 0) is 146 Å². The summed E-state index contributed by atoms with van der Waals surface area (Å²) >= 11 is 0. The molecule has 4 aliphatic rings. The summed E-state index contributed by atoms with van der Waals surface area (Å²) in [7, 11) is 0. The van der Waals surface area contributed by atoms with Crippen LogP contribution in [0.4, 0.5) is 0 Å². The molecule has 10 heterocycles. The highest BCUT2D eigenvalue weighted by Crippen LogP contribution is 2.19. The van der Waals surface area contributed by atoms with Gasteiger partial charge in [-0.2, -0.15) is 0 Å². The summed E-state index contributed by atoms with van der Waals surface area (Å²) in [5, 5.41) is 0. The zero-order valence-electron chi connectivity index (χ0n) is 26.1. The molecule has 6 aromatic heterocycles. The molecule has 0 aromatic carbocycles. The summed E-state index contributed by atoms with van der Waals surface area (Å²) in [6.07, 6.45) is 16.2. The van der Waals surface area contributed by atoms with E-state index in [4.69, 9.17) is 0 Å². The van der Waals surface area contributed by atoms with E-state index in [1.165, 1.54) is 0 Å². The minimum absolute atomic E-state index is 0. The van der Waals surface area contributed by atoms with Gasteiger partial charge in [0.15, 0.2) is 0 Å². The van der Waals surface area contributed by atoms with Gasteiger partial charge in [0.1, 0.15) is 0 Å². The molecule has 49 heavy (non-hydrogen) atoms. The highest BCUT2D eigenvalue weighted by atomic mass is 16.0. The van der Waals surface area contributed by atoms with Crippen molar-refractivity contribution in [3.8, 4) is 0 Å². The molecule has 0 unspecified atom stereocenters. The summed E-state index contributed by atoms with van der Waals surface area (Å²) in [5.74, 6) is 0. The van der Waals surface area contributed by atoms with Gasteiger partial charge in [0.25, 0.3) is 0 Å². The molecule has 0 saturated heterocycles. The lowest BCUT2D eigenvalue weighted by atomic mass is 10.3. The summed E-state index contributed by atoms with van der Waals surface area (Å²) < 4.78 is 0. The molecule has 0 fully saturated rings. The van der Waals surface area contributed by atoms with E-state index in [0.717, 1.165) is 89.7 Å². The van der Waals surface area contributed by atoms with E-state index in [-0.39, 0.29) is 5.48 Å². The van der Waals surface area contributed by atoms with Gasteiger partial charge in [-0.1, -0.05) is 0 Å². The van der Waals surface area contributed by atoms with Crippen molar-refractivity contribution in [1.29, 1.82) is 0 Å². The molecule has 236 valence electrons. The molecule has 9 heteroatoms. The number of fused-ring (bicyclic) bond motifs is 16. The van der Waals surface area contributed by atoms with Crippen LogP contribution in [-0.2, 0) is 0 Å². The van der Waals surface area contributed by atoms with Crippen LogP contribution in [0.3, 0.4) is 0 Å². The fourth-order valence-corrected chi connectivity index (χ4v) is 5.89. The molecule has 4 aliphatic heterocycles. The topological polar surface area (TPSA) is 146 Å². The molecule has 0 aliphatic carbocycles. The highest BCUT2D eigenvalue weighted by Gasteiger charge is 2.03. The minimum Gasteiger partial charge on any atom is -0.412 e. The lowest BCUT2D eigenvalue weighted by Gasteiger charge is -1.85. The largest absolute Gasteiger partial charge is 0.412 e. The first-order valence-corrected chi connectivity index (χ1v) is 15.7. The van der Waals surface area contributed by atoms with Crippen LogP contribution in [0.2, 0.25) is 0 Å². The van der Waals surface area contributed by atoms with Crippen molar-refractivity contribution in [2.45, 2.75) is 0 Å². The molecule has 9 nitrogen and oxygen atoms in total. The fraction of sp³-hybridized carbons (Fsp3) is 0. The van der Waals surface area contributed by atoms with Crippen LogP contribution in [0.5, 0.6) is 0 Å². The van der Waals surface area contributed by atoms with E-state index in [0.29, 0.717) is 0 Å². The molecule has 0 saturated carbocycles. The Morgan fingerprint density at radius 3 is 0.531 bits per heavy atom. The van der Waals surface area contributed by atoms with Gasteiger partial charge in [0, 0.05) is 44.1 Å². The second-order valence-corrected chi connectivity index (χ2v) is 11.8. The van der Waals surface area contributed by atoms with Crippen molar-refractivity contribution in [3.05, 3.63) is 143 Å². The molecule has 0 amide bonds. The van der Waals surface area contributed by atoms with E-state index in [1.54, 1.807) is 0 Å². The first-order chi connectivity index (χ1) is 23.6. The van der Waals surface area contributed by atoms with Gasteiger partial charge >= 0.3 is 0 Å². The Bertz CT molecular complexity index is 2160. The predicted octanol–water partition coefficient (Wildman–Crippen LogP) is 8.49. The normalized spacial score (nSPS) is 12.4. The van der Waals surface area contributed by atoms with Crippen molar-refractivity contribution in [2.75, 3.05) is 0 Å². The maximum Gasteiger partial charge on any atom is 0.0658 e. The summed E-state index contributed by atoms with van der Waals surface area (Å²) in [6, 6.07) is 32.7. The predicted molar refractivity (Wildman–Crippen MR) is 201 cm³/mol. The maximum absolute atomic E-state index is 4.63. The van der Waals surface area contributed by atoms with Gasteiger partial charge in [-0.15, -0.1) is 0 Å². The smallest absolute Gasteiger partial charge is 0.0658 e. The lowest BCUT2D eigenvalue weighted by molar-refractivity contribution is 0.824. The molecular formula is C40H30N8O.